The third kappa shape index (κ3) is 3.38. The highest BCUT2D eigenvalue weighted by atomic mass is 35.5. The molecular weight excluding hydrogens is 230 g/mol. The van der Waals surface area contributed by atoms with Gasteiger partial charge in [-0.1, -0.05) is 50.6 Å². The van der Waals surface area contributed by atoms with Gasteiger partial charge in [0.25, 0.3) is 0 Å². The van der Waals surface area contributed by atoms with Gasteiger partial charge in [-0.3, -0.25) is 0 Å². The van der Waals surface area contributed by atoms with Crippen LogP contribution < -0.4 is 5.32 Å². The van der Waals surface area contributed by atoms with Crippen LogP contribution in [0.2, 0.25) is 5.02 Å². The normalized spacial score (nSPS) is 17.9. The molecule has 1 aromatic carbocycles. The zero-order valence-corrected chi connectivity index (χ0v) is 11.4. The van der Waals surface area contributed by atoms with Crippen molar-refractivity contribution in [3.8, 4) is 0 Å². The van der Waals surface area contributed by atoms with Crippen LogP contribution in [-0.2, 0) is 0 Å². The molecule has 0 fully saturated rings. The highest BCUT2D eigenvalue weighted by Gasteiger charge is 2.21. The highest BCUT2D eigenvalue weighted by Crippen LogP contribution is 2.36. The predicted octanol–water partition coefficient (Wildman–Crippen LogP) is 5.21. The van der Waals surface area contributed by atoms with Crippen LogP contribution in [0.5, 0.6) is 0 Å². The predicted molar refractivity (Wildman–Crippen MR) is 76.1 cm³/mol. The lowest BCUT2D eigenvalue weighted by Crippen LogP contribution is -2.01. The largest absolute Gasteiger partial charge is 0.384 e. The van der Waals surface area contributed by atoms with Crippen LogP contribution in [0.3, 0.4) is 0 Å². The van der Waals surface area contributed by atoms with Crippen molar-refractivity contribution in [1.82, 2.24) is 0 Å². The summed E-state index contributed by atoms with van der Waals surface area (Å²) >= 11 is 6.06. The lowest BCUT2D eigenvalue weighted by molar-refractivity contribution is 0.566. The van der Waals surface area contributed by atoms with E-state index >= 15 is 0 Å². The van der Waals surface area contributed by atoms with E-state index in [1.165, 1.54) is 49.8 Å². The molecule has 0 spiro atoms. The van der Waals surface area contributed by atoms with Gasteiger partial charge in [0.2, 0.25) is 0 Å². The number of halogens is 1. The number of fused-ring (bicyclic) bond motifs is 1. The Morgan fingerprint density at radius 3 is 2.88 bits per heavy atom. The zero-order chi connectivity index (χ0) is 12.1. The molecule has 1 N–H and O–H groups in total. The molecule has 0 bridgehead atoms. The molecule has 1 atom stereocenters. The van der Waals surface area contributed by atoms with Crippen LogP contribution in [0.25, 0.3) is 0 Å². The van der Waals surface area contributed by atoms with Crippen molar-refractivity contribution in [2.24, 2.45) is 0 Å². The number of benzene rings is 1. The Hall–Kier alpha value is -0.690. The maximum absolute atomic E-state index is 6.06. The monoisotopic (exact) mass is 251 g/mol. The summed E-state index contributed by atoms with van der Waals surface area (Å²) in [6, 6.07) is 6.21. The summed E-state index contributed by atoms with van der Waals surface area (Å²) in [4.78, 5) is 0. The Labute approximate surface area is 110 Å². The summed E-state index contributed by atoms with van der Waals surface area (Å²) < 4.78 is 0. The van der Waals surface area contributed by atoms with Gasteiger partial charge in [0.15, 0.2) is 0 Å². The summed E-state index contributed by atoms with van der Waals surface area (Å²) in [6.45, 7) is 3.35. The first-order chi connectivity index (χ1) is 8.31. The van der Waals surface area contributed by atoms with Gasteiger partial charge < -0.3 is 5.32 Å². The second-order valence-electron chi connectivity index (χ2n) is 5.01. The van der Waals surface area contributed by atoms with E-state index < -0.39 is 0 Å². The first-order valence-corrected chi connectivity index (χ1v) is 7.22. The Bertz CT molecular complexity index is 362. The standard InChI is InChI=1S/C15H22ClN/c1-2-3-4-5-6-7-12-11-17-15-9-8-13(16)10-14(12)15/h8-10,12,17H,2-7,11H2,1H3. The van der Waals surface area contributed by atoms with Crippen LogP contribution >= 0.6 is 11.6 Å². The molecule has 1 nitrogen and oxygen atoms in total. The molecule has 0 saturated carbocycles. The van der Waals surface area contributed by atoms with Gasteiger partial charge in [-0.25, -0.2) is 0 Å². The highest BCUT2D eigenvalue weighted by molar-refractivity contribution is 6.30. The average molecular weight is 252 g/mol. The molecule has 0 aromatic heterocycles. The third-order valence-electron chi connectivity index (χ3n) is 3.65. The van der Waals surface area contributed by atoms with E-state index in [4.69, 9.17) is 11.6 Å². The Morgan fingerprint density at radius 1 is 1.24 bits per heavy atom. The van der Waals surface area contributed by atoms with Crippen LogP contribution in [0.4, 0.5) is 5.69 Å². The van der Waals surface area contributed by atoms with Crippen molar-refractivity contribution in [3.63, 3.8) is 0 Å². The number of hydrogen-bond acceptors (Lipinski definition) is 1. The summed E-state index contributed by atoms with van der Waals surface area (Å²) in [5.41, 5.74) is 2.71. The van der Waals surface area contributed by atoms with E-state index in [2.05, 4.69) is 24.4 Å². The van der Waals surface area contributed by atoms with Crippen LogP contribution in [0, 0.1) is 0 Å². The summed E-state index contributed by atoms with van der Waals surface area (Å²) in [7, 11) is 0. The molecule has 1 heterocycles. The van der Waals surface area contributed by atoms with Gasteiger partial charge in [0, 0.05) is 23.2 Å². The fourth-order valence-corrected chi connectivity index (χ4v) is 2.81. The first kappa shape index (κ1) is 12.8. The Morgan fingerprint density at radius 2 is 2.06 bits per heavy atom. The molecular formula is C15H22ClN. The molecule has 1 unspecified atom stereocenters. The molecule has 17 heavy (non-hydrogen) atoms. The minimum Gasteiger partial charge on any atom is -0.384 e. The third-order valence-corrected chi connectivity index (χ3v) is 3.88. The Kier molecular flexibility index (Phi) is 4.73. The van der Waals surface area contributed by atoms with E-state index in [-0.39, 0.29) is 0 Å². The molecule has 2 rings (SSSR count). The number of unbranched alkanes of at least 4 members (excludes halogenated alkanes) is 4. The number of hydrogen-bond donors (Lipinski definition) is 1. The van der Waals surface area contributed by atoms with Gasteiger partial charge in [0.05, 0.1) is 0 Å². The van der Waals surface area contributed by atoms with E-state index in [1.807, 2.05) is 6.07 Å². The van der Waals surface area contributed by atoms with Crippen molar-refractivity contribution in [2.45, 2.75) is 51.4 Å². The van der Waals surface area contributed by atoms with Crippen molar-refractivity contribution >= 4 is 17.3 Å². The molecule has 1 aromatic rings. The van der Waals surface area contributed by atoms with Crippen LogP contribution in [-0.4, -0.2) is 6.54 Å². The van der Waals surface area contributed by atoms with Crippen molar-refractivity contribution in [2.75, 3.05) is 11.9 Å². The van der Waals surface area contributed by atoms with Crippen molar-refractivity contribution in [1.29, 1.82) is 0 Å². The maximum Gasteiger partial charge on any atom is 0.0410 e. The summed E-state index contributed by atoms with van der Waals surface area (Å²) in [6.07, 6.45) is 8.11. The van der Waals surface area contributed by atoms with Crippen molar-refractivity contribution < 1.29 is 0 Å². The van der Waals surface area contributed by atoms with Gasteiger partial charge in [-0.15, -0.1) is 0 Å². The quantitative estimate of drug-likeness (QED) is 0.685. The maximum atomic E-state index is 6.06. The number of rotatable bonds is 6. The molecule has 2 heteroatoms. The molecule has 94 valence electrons. The summed E-state index contributed by atoms with van der Waals surface area (Å²) in [5, 5.41) is 4.34. The van der Waals surface area contributed by atoms with E-state index in [0.717, 1.165) is 11.6 Å². The Balaban J connectivity index is 1.82. The zero-order valence-electron chi connectivity index (χ0n) is 10.6. The average Bonchev–Trinajstić information content (AvgIpc) is 2.72. The molecule has 0 amide bonds. The van der Waals surface area contributed by atoms with E-state index in [0.29, 0.717) is 5.92 Å². The smallest absolute Gasteiger partial charge is 0.0410 e. The van der Waals surface area contributed by atoms with E-state index in [1.54, 1.807) is 0 Å². The fraction of sp³-hybridized carbons (Fsp3) is 0.600. The minimum atomic E-state index is 0.672. The summed E-state index contributed by atoms with van der Waals surface area (Å²) in [5.74, 6) is 0.672. The van der Waals surface area contributed by atoms with Gasteiger partial charge >= 0.3 is 0 Å². The SMILES string of the molecule is CCCCCCCC1CNc2ccc(Cl)cc21. The van der Waals surface area contributed by atoms with E-state index in [9.17, 15) is 0 Å². The number of nitrogens with one attached hydrogen (secondary N) is 1. The molecule has 0 aliphatic carbocycles. The molecule has 0 radical (unpaired) electrons. The molecule has 1 aliphatic rings. The molecule has 1 aliphatic heterocycles. The molecule has 0 saturated heterocycles. The second-order valence-corrected chi connectivity index (χ2v) is 5.45. The van der Waals surface area contributed by atoms with Gasteiger partial charge in [-0.2, -0.15) is 0 Å². The minimum absolute atomic E-state index is 0.672. The lowest BCUT2D eigenvalue weighted by Gasteiger charge is -2.10. The topological polar surface area (TPSA) is 12.0 Å². The van der Waals surface area contributed by atoms with Gasteiger partial charge in [-0.05, 0) is 30.2 Å². The number of anilines is 1. The lowest BCUT2D eigenvalue weighted by atomic mass is 9.95. The fourth-order valence-electron chi connectivity index (χ4n) is 2.63. The van der Waals surface area contributed by atoms with Crippen LogP contribution in [0.1, 0.15) is 56.9 Å². The second kappa shape index (κ2) is 6.30. The van der Waals surface area contributed by atoms with Gasteiger partial charge in [0.1, 0.15) is 0 Å². The first-order valence-electron chi connectivity index (χ1n) is 6.84. The van der Waals surface area contributed by atoms with Crippen molar-refractivity contribution in [3.05, 3.63) is 28.8 Å². The van der Waals surface area contributed by atoms with Crippen LogP contribution in [0.15, 0.2) is 18.2 Å².